The molecule has 5 rings (SSSR count). The number of carbonyl (C=O) groups excluding carboxylic acids is 1. The predicted molar refractivity (Wildman–Crippen MR) is 120 cm³/mol. The number of methoxy groups -OCH3 is 1. The monoisotopic (exact) mass is 419 g/mol. The Morgan fingerprint density at radius 3 is 2.52 bits per heavy atom. The fourth-order valence-corrected chi connectivity index (χ4v) is 4.84. The highest BCUT2D eigenvalue weighted by atomic mass is 16.5. The molecule has 2 fully saturated rings. The van der Waals surface area contributed by atoms with E-state index in [2.05, 4.69) is 9.88 Å². The zero-order chi connectivity index (χ0) is 21.2. The second kappa shape index (κ2) is 8.71. The normalized spacial score (nSPS) is 18.0. The number of nitrogens with zero attached hydrogens (tertiary/aromatic N) is 3. The van der Waals surface area contributed by atoms with E-state index in [-0.39, 0.29) is 5.91 Å². The lowest BCUT2D eigenvalue weighted by Gasteiger charge is -2.38. The highest BCUT2D eigenvalue weighted by Gasteiger charge is 2.28. The Kier molecular flexibility index (Phi) is 5.64. The highest BCUT2D eigenvalue weighted by molar-refractivity contribution is 5.97. The van der Waals surface area contributed by atoms with Crippen LogP contribution in [0.1, 0.15) is 47.5 Å². The van der Waals surface area contributed by atoms with Crippen LogP contribution >= 0.6 is 0 Å². The molecule has 1 amide bonds. The van der Waals surface area contributed by atoms with Crippen LogP contribution in [-0.4, -0.2) is 60.0 Å². The van der Waals surface area contributed by atoms with Crippen LogP contribution < -0.4 is 4.74 Å². The molecule has 0 spiro atoms. The number of fused-ring (bicyclic) bond motifs is 1. The van der Waals surface area contributed by atoms with Gasteiger partial charge in [0, 0.05) is 44.2 Å². The lowest BCUT2D eigenvalue weighted by molar-refractivity contribution is 0.0573. The number of amides is 1. The Morgan fingerprint density at radius 1 is 1.06 bits per heavy atom. The van der Waals surface area contributed by atoms with Crippen molar-refractivity contribution in [3.63, 3.8) is 0 Å². The van der Waals surface area contributed by atoms with Crippen molar-refractivity contribution in [2.75, 3.05) is 33.3 Å². The van der Waals surface area contributed by atoms with E-state index in [4.69, 9.17) is 9.15 Å². The van der Waals surface area contributed by atoms with Crippen LogP contribution in [0.2, 0.25) is 0 Å². The molecular formula is C25H29N3O3. The molecule has 1 aliphatic heterocycles. The molecule has 1 aromatic heterocycles. The van der Waals surface area contributed by atoms with E-state index in [1.807, 2.05) is 47.4 Å². The molecule has 6 nitrogen and oxygen atoms in total. The maximum Gasteiger partial charge on any atom is 0.254 e. The molecule has 0 N–H and O–H groups in total. The summed E-state index contributed by atoms with van der Waals surface area (Å²) in [5.41, 5.74) is 3.22. The van der Waals surface area contributed by atoms with Gasteiger partial charge in [0.1, 0.15) is 11.3 Å². The van der Waals surface area contributed by atoms with Gasteiger partial charge < -0.3 is 14.1 Å². The highest BCUT2D eigenvalue weighted by Crippen LogP contribution is 2.25. The minimum absolute atomic E-state index is 0.0843. The molecule has 0 unspecified atom stereocenters. The number of piperazine rings is 1. The third-order valence-corrected chi connectivity index (χ3v) is 6.64. The maximum absolute atomic E-state index is 13.1. The summed E-state index contributed by atoms with van der Waals surface area (Å²) in [6.45, 7) is 3.55. The van der Waals surface area contributed by atoms with Gasteiger partial charge in [-0.1, -0.05) is 25.0 Å². The third kappa shape index (κ3) is 4.30. The number of hydrogen-bond donors (Lipinski definition) is 0. The molecule has 1 saturated carbocycles. The summed E-state index contributed by atoms with van der Waals surface area (Å²) >= 11 is 0. The predicted octanol–water partition coefficient (Wildman–Crippen LogP) is 4.13. The van der Waals surface area contributed by atoms with E-state index in [0.29, 0.717) is 23.5 Å². The lowest BCUT2D eigenvalue weighted by atomic mass is 10.1. The van der Waals surface area contributed by atoms with Gasteiger partial charge in [-0.3, -0.25) is 9.69 Å². The van der Waals surface area contributed by atoms with Crippen molar-refractivity contribution in [3.05, 3.63) is 59.5 Å². The number of ether oxygens (including phenoxy) is 1. The van der Waals surface area contributed by atoms with Crippen LogP contribution in [0, 0.1) is 0 Å². The van der Waals surface area contributed by atoms with E-state index in [0.717, 1.165) is 49.1 Å². The maximum atomic E-state index is 13.1. The first kappa shape index (κ1) is 20.1. The van der Waals surface area contributed by atoms with Gasteiger partial charge in [-0.15, -0.1) is 0 Å². The molecule has 1 aliphatic carbocycles. The van der Waals surface area contributed by atoms with Gasteiger partial charge >= 0.3 is 0 Å². The molecule has 162 valence electrons. The summed E-state index contributed by atoms with van der Waals surface area (Å²) in [4.78, 5) is 22.2. The van der Waals surface area contributed by atoms with Crippen LogP contribution in [0.15, 0.2) is 46.9 Å². The Bertz CT molecular complexity index is 1050. The first-order valence-corrected chi connectivity index (χ1v) is 11.3. The average Bonchev–Trinajstić information content (AvgIpc) is 3.48. The number of carbonyl (C=O) groups is 1. The Hall–Kier alpha value is -2.86. The Labute approximate surface area is 182 Å². The molecule has 31 heavy (non-hydrogen) atoms. The molecule has 2 heterocycles. The van der Waals surface area contributed by atoms with Crippen LogP contribution in [0.3, 0.4) is 0 Å². The molecule has 2 aromatic carbocycles. The van der Waals surface area contributed by atoms with E-state index in [1.54, 1.807) is 7.11 Å². The van der Waals surface area contributed by atoms with E-state index >= 15 is 0 Å². The fraction of sp³-hybridized carbons (Fsp3) is 0.440. The zero-order valence-electron chi connectivity index (χ0n) is 18.0. The van der Waals surface area contributed by atoms with Gasteiger partial charge in [-0.2, -0.15) is 0 Å². The Balaban J connectivity index is 1.25. The van der Waals surface area contributed by atoms with Crippen molar-refractivity contribution in [1.82, 2.24) is 14.8 Å². The largest absolute Gasteiger partial charge is 0.497 e. The molecule has 0 atom stereocenters. The van der Waals surface area contributed by atoms with E-state index in [1.165, 1.54) is 25.7 Å². The first-order valence-electron chi connectivity index (χ1n) is 11.3. The summed E-state index contributed by atoms with van der Waals surface area (Å²) in [7, 11) is 1.66. The van der Waals surface area contributed by atoms with Gasteiger partial charge in [0.15, 0.2) is 11.5 Å². The van der Waals surface area contributed by atoms with Crippen molar-refractivity contribution in [2.24, 2.45) is 0 Å². The molecule has 6 heteroatoms. The minimum Gasteiger partial charge on any atom is -0.497 e. The van der Waals surface area contributed by atoms with Crippen molar-refractivity contribution in [2.45, 2.75) is 38.1 Å². The summed E-state index contributed by atoms with van der Waals surface area (Å²) in [5, 5.41) is 0. The number of aromatic nitrogens is 1. The summed E-state index contributed by atoms with van der Waals surface area (Å²) in [6, 6.07) is 14.2. The SMILES string of the molecule is COc1ccc(Cc2nc3ccc(C(=O)N4CCN(C5CCCC5)CC4)cc3o2)cc1. The lowest BCUT2D eigenvalue weighted by Crippen LogP contribution is -2.51. The third-order valence-electron chi connectivity index (χ3n) is 6.64. The number of hydrogen-bond acceptors (Lipinski definition) is 5. The van der Waals surface area contributed by atoms with E-state index < -0.39 is 0 Å². The minimum atomic E-state index is 0.0843. The molecular weight excluding hydrogens is 390 g/mol. The Morgan fingerprint density at radius 2 is 1.81 bits per heavy atom. The van der Waals surface area contributed by atoms with Crippen LogP contribution in [0.4, 0.5) is 0 Å². The van der Waals surface area contributed by atoms with Crippen molar-refractivity contribution in [3.8, 4) is 5.75 Å². The van der Waals surface area contributed by atoms with Crippen molar-refractivity contribution < 1.29 is 13.9 Å². The van der Waals surface area contributed by atoms with Gasteiger partial charge in [0.05, 0.1) is 7.11 Å². The van der Waals surface area contributed by atoms with E-state index in [9.17, 15) is 4.79 Å². The number of rotatable bonds is 5. The van der Waals surface area contributed by atoms with Crippen LogP contribution in [0.25, 0.3) is 11.1 Å². The molecule has 0 bridgehead atoms. The van der Waals surface area contributed by atoms with Crippen LogP contribution in [-0.2, 0) is 6.42 Å². The summed E-state index contributed by atoms with van der Waals surface area (Å²) in [6.07, 6.45) is 5.93. The smallest absolute Gasteiger partial charge is 0.254 e. The summed E-state index contributed by atoms with van der Waals surface area (Å²) < 4.78 is 11.2. The van der Waals surface area contributed by atoms with Gasteiger partial charge in [0.25, 0.3) is 5.91 Å². The van der Waals surface area contributed by atoms with Gasteiger partial charge in [-0.25, -0.2) is 4.98 Å². The second-order valence-corrected chi connectivity index (χ2v) is 8.58. The van der Waals surface area contributed by atoms with Crippen LogP contribution in [0.5, 0.6) is 5.75 Å². The number of benzene rings is 2. The van der Waals surface area contributed by atoms with Crippen molar-refractivity contribution >= 4 is 17.0 Å². The summed E-state index contributed by atoms with van der Waals surface area (Å²) in [5.74, 6) is 1.56. The number of oxazole rings is 1. The standard InChI is InChI=1S/C25H29N3O3/c1-30-21-9-6-18(7-10-21)16-24-26-22-11-8-19(17-23(22)31-24)25(29)28-14-12-27(13-15-28)20-4-2-3-5-20/h6-11,17,20H,2-5,12-16H2,1H3. The first-order chi connectivity index (χ1) is 15.2. The topological polar surface area (TPSA) is 58.8 Å². The average molecular weight is 420 g/mol. The second-order valence-electron chi connectivity index (χ2n) is 8.58. The molecule has 1 saturated heterocycles. The van der Waals surface area contributed by atoms with Crippen molar-refractivity contribution in [1.29, 1.82) is 0 Å². The molecule has 3 aromatic rings. The van der Waals surface area contributed by atoms with Gasteiger partial charge in [-0.05, 0) is 48.7 Å². The zero-order valence-corrected chi connectivity index (χ0v) is 18.0. The fourth-order valence-electron chi connectivity index (χ4n) is 4.84. The molecule has 0 radical (unpaired) electrons. The quantitative estimate of drug-likeness (QED) is 0.622. The molecule has 2 aliphatic rings. The van der Waals surface area contributed by atoms with Gasteiger partial charge in [0.2, 0.25) is 0 Å².